The summed E-state index contributed by atoms with van der Waals surface area (Å²) in [6.07, 6.45) is 11.9. The van der Waals surface area contributed by atoms with E-state index in [1.165, 1.54) is 73.8 Å². The molecule has 0 heterocycles. The molecule has 8 unspecified atom stereocenters. The van der Waals surface area contributed by atoms with Gasteiger partial charge in [-0.1, -0.05) is 60.8 Å². The first kappa shape index (κ1) is 44.7. The van der Waals surface area contributed by atoms with Gasteiger partial charge in [0.15, 0.2) is 0 Å². The van der Waals surface area contributed by atoms with Crippen LogP contribution in [-0.4, -0.2) is 62.8 Å². The standard InChI is InChI=1S/C48H78B2N2Si6/c1-53(2,27-25-37-30-36-32-46(37)48(34-36)56(7,8)42-19-21-43(22-20-42)57(9,10)50-51)39-13-17-41(18-14-39)55(5,6)47-33-35-29-38(45(47)31-35)26-28-54(3,4)40-15-23-44(24-16-40)58(11,12)52-49/h13-24,35-38,45-49,51H,25-34H2,1-12H3. The zero-order chi connectivity index (χ0) is 42.1. The van der Waals surface area contributed by atoms with Crippen LogP contribution in [0.15, 0.2) is 77.4 Å². The summed E-state index contributed by atoms with van der Waals surface area (Å²) >= 11 is 0. The molecule has 4 aliphatic rings. The van der Waals surface area contributed by atoms with Crippen LogP contribution in [-0.2, 0) is 0 Å². The molecule has 0 spiro atoms. The zero-order valence-electron chi connectivity index (χ0n) is 38.8. The normalized spacial score (nSPS) is 27.6. The molecule has 7 rings (SSSR count). The van der Waals surface area contributed by atoms with Crippen LogP contribution >= 0.6 is 0 Å². The van der Waals surface area contributed by atoms with E-state index in [0.717, 1.165) is 46.6 Å². The van der Waals surface area contributed by atoms with E-state index in [1.54, 1.807) is 27.4 Å². The van der Waals surface area contributed by atoms with E-state index >= 15 is 0 Å². The molecule has 2 nitrogen and oxygen atoms in total. The number of rotatable bonds is 16. The molecule has 0 amide bonds. The molecule has 0 aliphatic heterocycles. The summed E-state index contributed by atoms with van der Waals surface area (Å²) in [5, 5.41) is 17.5. The minimum atomic E-state index is -1.75. The van der Waals surface area contributed by atoms with Gasteiger partial charge in [0.25, 0.3) is 0 Å². The van der Waals surface area contributed by atoms with Crippen LogP contribution < -0.4 is 31.1 Å². The van der Waals surface area contributed by atoms with E-state index in [1.807, 2.05) is 0 Å². The van der Waals surface area contributed by atoms with Gasteiger partial charge < -0.3 is 0 Å². The Bertz CT molecular complexity index is 1940. The van der Waals surface area contributed by atoms with Crippen molar-refractivity contribution >= 4 is 93.9 Å². The van der Waals surface area contributed by atoms with Crippen molar-refractivity contribution in [3.05, 3.63) is 72.8 Å². The number of nitrogens with one attached hydrogen (secondary N) is 1. The maximum absolute atomic E-state index is 7.97. The van der Waals surface area contributed by atoms with Crippen LogP contribution in [0.1, 0.15) is 51.4 Å². The second-order valence-corrected chi connectivity index (χ2v) is 51.3. The van der Waals surface area contributed by atoms with Crippen molar-refractivity contribution in [1.82, 2.24) is 0 Å². The van der Waals surface area contributed by atoms with Crippen LogP contribution in [0, 0.1) is 40.8 Å². The van der Waals surface area contributed by atoms with Gasteiger partial charge in [-0.2, -0.15) is 0 Å². The number of hydrogen-bond acceptors (Lipinski definition) is 2. The second-order valence-electron chi connectivity index (χ2n) is 23.8. The predicted molar refractivity (Wildman–Crippen MR) is 275 cm³/mol. The van der Waals surface area contributed by atoms with Gasteiger partial charge in [-0.15, -0.1) is 0 Å². The fourth-order valence-electron chi connectivity index (χ4n) is 13.3. The van der Waals surface area contributed by atoms with E-state index < -0.39 is 48.5 Å². The molecule has 4 bridgehead atoms. The molecule has 3 aromatic carbocycles. The van der Waals surface area contributed by atoms with Crippen molar-refractivity contribution in [1.29, 1.82) is 5.31 Å². The predicted octanol–water partition coefficient (Wildman–Crippen LogP) is 9.74. The van der Waals surface area contributed by atoms with Crippen molar-refractivity contribution in [2.45, 2.75) is 153 Å². The van der Waals surface area contributed by atoms with Crippen molar-refractivity contribution in [2.24, 2.45) is 40.1 Å². The van der Waals surface area contributed by atoms with E-state index in [0.29, 0.717) is 0 Å². The zero-order valence-corrected chi connectivity index (χ0v) is 44.8. The van der Waals surface area contributed by atoms with Gasteiger partial charge in [-0.25, -0.2) is 0 Å². The third-order valence-corrected chi connectivity index (χ3v) is 38.6. The monoisotopic (exact) mass is 872 g/mol. The topological polar surface area (TPSA) is 36.2 Å². The fraction of sp³-hybridized carbons (Fsp3) is 0.625. The van der Waals surface area contributed by atoms with Crippen molar-refractivity contribution in [3.63, 3.8) is 0 Å². The summed E-state index contributed by atoms with van der Waals surface area (Å²) < 4.78 is 4.51. The molecule has 4 saturated carbocycles. The summed E-state index contributed by atoms with van der Waals surface area (Å²) in [7, 11) is -5.80. The molecule has 310 valence electrons. The molecule has 4 aliphatic carbocycles. The average molecular weight is 873 g/mol. The Hall–Kier alpha value is -1.31. The Balaban J connectivity index is 0.955. The van der Waals surface area contributed by atoms with Crippen LogP contribution in [0.2, 0.25) is 102 Å². The Morgan fingerprint density at radius 2 is 0.845 bits per heavy atom. The quantitative estimate of drug-likeness (QED) is 0.139. The van der Waals surface area contributed by atoms with Crippen LogP contribution in [0.4, 0.5) is 0 Å². The summed E-state index contributed by atoms with van der Waals surface area (Å²) in [6, 6.07) is 32.8. The van der Waals surface area contributed by atoms with Gasteiger partial charge in [0.1, 0.15) is 0 Å². The average Bonchev–Trinajstić information content (AvgIpc) is 4.02. The van der Waals surface area contributed by atoms with E-state index in [2.05, 4.69) is 164 Å². The Morgan fingerprint density at radius 3 is 1.19 bits per heavy atom. The third kappa shape index (κ3) is 8.69. The maximum atomic E-state index is 7.97. The van der Waals surface area contributed by atoms with Crippen molar-refractivity contribution in [2.75, 3.05) is 0 Å². The van der Waals surface area contributed by atoms with Crippen LogP contribution in [0.5, 0.6) is 0 Å². The molecular weight excluding hydrogens is 795 g/mol. The molecule has 1 N–H and O–H groups in total. The number of hydrogen-bond donors (Lipinski definition) is 1. The molecular formula is C48H78B2N2Si6. The third-order valence-electron chi connectivity index (χ3n) is 17.9. The van der Waals surface area contributed by atoms with Gasteiger partial charge in [0.05, 0.1) is 8.07 Å². The summed E-state index contributed by atoms with van der Waals surface area (Å²) in [6.45, 7) is 32.3. The van der Waals surface area contributed by atoms with E-state index in [9.17, 15) is 0 Å². The Labute approximate surface area is 363 Å². The molecule has 0 radical (unpaired) electrons. The first-order valence-corrected chi connectivity index (χ1v) is 42.0. The van der Waals surface area contributed by atoms with Gasteiger partial charge in [-0.05, 0) is 6.42 Å². The number of fused-ring (bicyclic) bond motifs is 4. The Morgan fingerprint density at radius 1 is 0.500 bits per heavy atom. The van der Waals surface area contributed by atoms with Crippen molar-refractivity contribution in [3.8, 4) is 0 Å². The van der Waals surface area contributed by atoms with Gasteiger partial charge in [-0.3, -0.25) is 0 Å². The molecule has 10 heteroatoms. The molecule has 0 saturated heterocycles. The van der Waals surface area contributed by atoms with Gasteiger partial charge in [0.2, 0.25) is 0 Å². The Kier molecular flexibility index (Phi) is 12.7. The molecule has 3 aromatic rings. The summed E-state index contributed by atoms with van der Waals surface area (Å²) in [5.41, 5.74) is 1.87. The summed E-state index contributed by atoms with van der Waals surface area (Å²) in [5.74, 6) is 5.72. The molecule has 58 heavy (non-hydrogen) atoms. The number of nitrogens with zero attached hydrogens (tertiary/aromatic N) is 1. The first-order chi connectivity index (χ1) is 27.1. The van der Waals surface area contributed by atoms with E-state index in [4.69, 9.17) is 5.31 Å². The fourth-order valence-corrected chi connectivity index (χ4v) is 28.3. The van der Waals surface area contributed by atoms with Crippen LogP contribution in [0.3, 0.4) is 0 Å². The van der Waals surface area contributed by atoms with Gasteiger partial charge in [0, 0.05) is 0 Å². The SMILES string of the molecule is B=N[Si](C)(C)c1ccc([Si](C)(C)CCC2CC3CC2C([Si](C)(C)c2ccc([Si](C)(C)CCC4CC5CC4C([Si](C)(C)c4ccc([Si](C)(C)B=N)cc4)C5)cc2)C3)cc1. The van der Waals surface area contributed by atoms with Crippen molar-refractivity contribution < 1.29 is 0 Å². The first-order valence-electron chi connectivity index (χ1n) is 23.4. The second kappa shape index (κ2) is 16.4. The van der Waals surface area contributed by atoms with E-state index in [-0.39, 0.29) is 0 Å². The molecule has 4 fully saturated rings. The molecule has 8 atom stereocenters. The minimum absolute atomic E-state index is 0.928. The summed E-state index contributed by atoms with van der Waals surface area (Å²) in [4.78, 5) is 0. The van der Waals surface area contributed by atoms with Gasteiger partial charge >= 0.3 is 290 Å². The molecule has 0 aromatic heterocycles. The van der Waals surface area contributed by atoms with Crippen LogP contribution in [0.25, 0.3) is 0 Å². The number of benzene rings is 3.